The highest BCUT2D eigenvalue weighted by Gasteiger charge is 1.81. The fourth-order valence-electron chi connectivity index (χ4n) is 0.878. The van der Waals surface area contributed by atoms with E-state index in [1.807, 2.05) is 0 Å². The molecule has 0 aliphatic heterocycles. The molecular formula is C11H20. The Bertz CT molecular complexity index is 129. The lowest BCUT2D eigenvalue weighted by molar-refractivity contribution is 0.729. The van der Waals surface area contributed by atoms with Crippen molar-refractivity contribution in [1.82, 2.24) is 0 Å². The van der Waals surface area contributed by atoms with Crippen molar-refractivity contribution in [3.05, 3.63) is 23.8 Å². The van der Waals surface area contributed by atoms with Gasteiger partial charge in [-0.1, -0.05) is 43.6 Å². The summed E-state index contributed by atoms with van der Waals surface area (Å²) in [7, 11) is 0. The average Bonchev–Trinajstić information content (AvgIpc) is 2.04. The SMILES string of the molecule is CC=C(C)/C=C/CCCCC. The van der Waals surface area contributed by atoms with Crippen molar-refractivity contribution in [1.29, 1.82) is 0 Å². The quantitative estimate of drug-likeness (QED) is 0.411. The van der Waals surface area contributed by atoms with Crippen molar-refractivity contribution in [2.45, 2.75) is 46.5 Å². The summed E-state index contributed by atoms with van der Waals surface area (Å²) in [6.45, 7) is 6.45. The maximum absolute atomic E-state index is 2.27. The van der Waals surface area contributed by atoms with Crippen LogP contribution in [0.2, 0.25) is 0 Å². The van der Waals surface area contributed by atoms with E-state index in [0.29, 0.717) is 0 Å². The molecule has 0 aliphatic carbocycles. The standard InChI is InChI=1S/C11H20/c1-4-6-7-8-9-10-11(3)5-2/h5,9-10H,4,6-8H2,1-3H3/b10-9+,11-5?. The Labute approximate surface area is 71.0 Å². The summed E-state index contributed by atoms with van der Waals surface area (Å²) in [6, 6.07) is 0. The molecule has 0 rings (SSSR count). The van der Waals surface area contributed by atoms with Crippen LogP contribution in [-0.2, 0) is 0 Å². The van der Waals surface area contributed by atoms with Crippen LogP contribution in [0.5, 0.6) is 0 Å². The van der Waals surface area contributed by atoms with E-state index in [2.05, 4.69) is 39.0 Å². The number of rotatable bonds is 5. The molecule has 64 valence electrons. The molecule has 0 N–H and O–H groups in total. The van der Waals surface area contributed by atoms with Gasteiger partial charge in [0.2, 0.25) is 0 Å². The Hall–Kier alpha value is -0.520. The molecule has 0 heteroatoms. The van der Waals surface area contributed by atoms with Gasteiger partial charge in [0.25, 0.3) is 0 Å². The fraction of sp³-hybridized carbons (Fsp3) is 0.636. The van der Waals surface area contributed by atoms with Gasteiger partial charge in [-0.25, -0.2) is 0 Å². The second kappa shape index (κ2) is 7.59. The van der Waals surface area contributed by atoms with Gasteiger partial charge >= 0.3 is 0 Å². The van der Waals surface area contributed by atoms with E-state index in [1.54, 1.807) is 0 Å². The molecule has 0 aromatic rings. The highest BCUT2D eigenvalue weighted by atomic mass is 13.9. The zero-order valence-electron chi connectivity index (χ0n) is 8.06. The van der Waals surface area contributed by atoms with Crippen LogP contribution in [0.15, 0.2) is 23.8 Å². The zero-order chi connectivity index (χ0) is 8.53. The molecule has 0 aromatic heterocycles. The van der Waals surface area contributed by atoms with Crippen LogP contribution >= 0.6 is 0 Å². The molecule has 0 saturated carbocycles. The molecule has 0 nitrogen and oxygen atoms in total. The molecule has 0 atom stereocenters. The highest BCUT2D eigenvalue weighted by molar-refractivity contribution is 5.14. The molecule has 0 saturated heterocycles. The molecule has 0 aliphatic rings. The summed E-state index contributed by atoms with van der Waals surface area (Å²) < 4.78 is 0. The van der Waals surface area contributed by atoms with E-state index in [9.17, 15) is 0 Å². The van der Waals surface area contributed by atoms with Gasteiger partial charge in [0.15, 0.2) is 0 Å². The number of hydrogen-bond acceptors (Lipinski definition) is 0. The minimum absolute atomic E-state index is 1.24. The summed E-state index contributed by atoms with van der Waals surface area (Å²) in [4.78, 5) is 0. The Morgan fingerprint density at radius 3 is 2.55 bits per heavy atom. The normalized spacial score (nSPS) is 12.8. The van der Waals surface area contributed by atoms with Gasteiger partial charge in [0.05, 0.1) is 0 Å². The van der Waals surface area contributed by atoms with Crippen molar-refractivity contribution in [3.8, 4) is 0 Å². The Morgan fingerprint density at radius 1 is 1.27 bits per heavy atom. The average molecular weight is 152 g/mol. The summed E-state index contributed by atoms with van der Waals surface area (Å²) in [5, 5.41) is 0. The number of allylic oxidation sites excluding steroid dienone is 4. The molecule has 0 bridgehead atoms. The summed E-state index contributed by atoms with van der Waals surface area (Å²) in [5.74, 6) is 0. The number of unbranched alkanes of at least 4 members (excludes halogenated alkanes) is 3. The Balaban J connectivity index is 3.30. The molecular weight excluding hydrogens is 132 g/mol. The third-order valence-electron chi connectivity index (χ3n) is 1.81. The fourth-order valence-corrected chi connectivity index (χ4v) is 0.878. The van der Waals surface area contributed by atoms with E-state index in [4.69, 9.17) is 0 Å². The maximum atomic E-state index is 2.27. The van der Waals surface area contributed by atoms with Gasteiger partial charge in [-0.05, 0) is 26.7 Å². The Morgan fingerprint density at radius 2 is 2.00 bits per heavy atom. The second-order valence-electron chi connectivity index (χ2n) is 2.93. The van der Waals surface area contributed by atoms with Crippen molar-refractivity contribution in [2.24, 2.45) is 0 Å². The van der Waals surface area contributed by atoms with Gasteiger partial charge < -0.3 is 0 Å². The lowest BCUT2D eigenvalue weighted by atomic mass is 10.2. The van der Waals surface area contributed by atoms with Crippen molar-refractivity contribution in [3.63, 3.8) is 0 Å². The Kier molecular flexibility index (Phi) is 7.23. The number of hydrogen-bond donors (Lipinski definition) is 0. The first-order valence-electron chi connectivity index (χ1n) is 4.60. The summed E-state index contributed by atoms with van der Waals surface area (Å²) in [5.41, 5.74) is 1.36. The smallest absolute Gasteiger partial charge is 0.0348 e. The van der Waals surface area contributed by atoms with Gasteiger partial charge in [0.1, 0.15) is 0 Å². The van der Waals surface area contributed by atoms with Crippen LogP contribution in [0.4, 0.5) is 0 Å². The van der Waals surface area contributed by atoms with Crippen LogP contribution < -0.4 is 0 Å². The van der Waals surface area contributed by atoms with E-state index < -0.39 is 0 Å². The molecule has 0 heterocycles. The topological polar surface area (TPSA) is 0 Å². The second-order valence-corrected chi connectivity index (χ2v) is 2.93. The van der Waals surface area contributed by atoms with Crippen LogP contribution in [0.3, 0.4) is 0 Å². The van der Waals surface area contributed by atoms with Crippen molar-refractivity contribution >= 4 is 0 Å². The molecule has 0 spiro atoms. The molecule has 0 unspecified atom stereocenters. The summed E-state index contributed by atoms with van der Waals surface area (Å²) in [6.07, 6.45) is 11.9. The van der Waals surface area contributed by atoms with Crippen LogP contribution in [0.25, 0.3) is 0 Å². The van der Waals surface area contributed by atoms with E-state index in [0.717, 1.165) is 0 Å². The minimum Gasteiger partial charge on any atom is -0.0847 e. The van der Waals surface area contributed by atoms with Gasteiger partial charge in [-0.3, -0.25) is 0 Å². The molecule has 11 heavy (non-hydrogen) atoms. The van der Waals surface area contributed by atoms with Crippen LogP contribution in [0.1, 0.15) is 46.5 Å². The van der Waals surface area contributed by atoms with E-state index in [-0.39, 0.29) is 0 Å². The van der Waals surface area contributed by atoms with Crippen LogP contribution in [-0.4, -0.2) is 0 Å². The predicted octanol–water partition coefficient (Wildman–Crippen LogP) is 4.09. The molecule has 0 aromatic carbocycles. The first-order chi connectivity index (χ1) is 5.31. The van der Waals surface area contributed by atoms with Gasteiger partial charge in [-0.15, -0.1) is 0 Å². The van der Waals surface area contributed by atoms with Crippen LogP contribution in [0, 0.1) is 0 Å². The highest BCUT2D eigenvalue weighted by Crippen LogP contribution is 2.01. The lowest BCUT2D eigenvalue weighted by Crippen LogP contribution is -1.71. The van der Waals surface area contributed by atoms with E-state index in [1.165, 1.54) is 31.3 Å². The third-order valence-corrected chi connectivity index (χ3v) is 1.81. The van der Waals surface area contributed by atoms with Crippen molar-refractivity contribution < 1.29 is 0 Å². The first kappa shape index (κ1) is 10.5. The van der Waals surface area contributed by atoms with Gasteiger partial charge in [-0.2, -0.15) is 0 Å². The van der Waals surface area contributed by atoms with Crippen molar-refractivity contribution in [2.75, 3.05) is 0 Å². The zero-order valence-corrected chi connectivity index (χ0v) is 8.06. The largest absolute Gasteiger partial charge is 0.0847 e. The summed E-state index contributed by atoms with van der Waals surface area (Å²) >= 11 is 0. The van der Waals surface area contributed by atoms with E-state index >= 15 is 0 Å². The predicted molar refractivity (Wildman–Crippen MR) is 52.7 cm³/mol. The van der Waals surface area contributed by atoms with Gasteiger partial charge in [0, 0.05) is 0 Å². The monoisotopic (exact) mass is 152 g/mol. The first-order valence-corrected chi connectivity index (χ1v) is 4.60. The molecule has 0 amide bonds. The minimum atomic E-state index is 1.24. The maximum Gasteiger partial charge on any atom is -0.0348 e. The lowest BCUT2D eigenvalue weighted by Gasteiger charge is -1.91. The molecule has 0 radical (unpaired) electrons. The third kappa shape index (κ3) is 7.38. The molecule has 0 fully saturated rings.